The molecule has 0 spiro atoms. The van der Waals surface area contributed by atoms with Gasteiger partial charge >= 0.3 is 0 Å². The van der Waals surface area contributed by atoms with Gasteiger partial charge in [-0.2, -0.15) is 0 Å². The Bertz CT molecular complexity index is 2450. The third-order valence-electron chi connectivity index (χ3n) is 8.82. The van der Waals surface area contributed by atoms with Gasteiger partial charge in [0.15, 0.2) is 0 Å². The Morgan fingerprint density at radius 1 is 0.556 bits per heavy atom. The topological polar surface area (TPSA) is 9.86 Å². The fourth-order valence-electron chi connectivity index (χ4n) is 6.82. The zero-order valence-corrected chi connectivity index (χ0v) is 25.2. The second-order valence-corrected chi connectivity index (χ2v) is 11.4. The lowest BCUT2D eigenvalue weighted by atomic mass is 9.99. The minimum absolute atomic E-state index is 1.09. The van der Waals surface area contributed by atoms with Crippen LogP contribution in [-0.4, -0.2) is 9.13 Å². The summed E-state index contributed by atoms with van der Waals surface area (Å²) in [7, 11) is 0. The molecular formula is C43H32N2. The largest absolute Gasteiger partial charge is 0.309 e. The van der Waals surface area contributed by atoms with E-state index >= 15 is 0 Å². The molecule has 0 N–H and O–H groups in total. The van der Waals surface area contributed by atoms with Crippen LogP contribution in [0.3, 0.4) is 0 Å². The predicted molar refractivity (Wildman–Crippen MR) is 194 cm³/mol. The van der Waals surface area contributed by atoms with Gasteiger partial charge in [-0.1, -0.05) is 122 Å². The number of allylic oxidation sites excluding steroid dienone is 5. The maximum Gasteiger partial charge on any atom is 0.0619 e. The molecule has 0 saturated carbocycles. The van der Waals surface area contributed by atoms with Crippen molar-refractivity contribution < 1.29 is 0 Å². The molecule has 2 heterocycles. The highest BCUT2D eigenvalue weighted by Crippen LogP contribution is 2.41. The minimum Gasteiger partial charge on any atom is -0.309 e. The zero-order chi connectivity index (χ0) is 30.3. The van der Waals surface area contributed by atoms with Gasteiger partial charge in [0.25, 0.3) is 0 Å². The van der Waals surface area contributed by atoms with Gasteiger partial charge in [0.2, 0.25) is 0 Å². The van der Waals surface area contributed by atoms with Crippen molar-refractivity contribution in [3.05, 3.63) is 176 Å². The predicted octanol–water partition coefficient (Wildman–Crippen LogP) is 11.7. The molecule has 0 fully saturated rings. The molecule has 0 unspecified atom stereocenters. The molecule has 6 aromatic carbocycles. The molecule has 2 aromatic heterocycles. The van der Waals surface area contributed by atoms with Gasteiger partial charge in [0.1, 0.15) is 0 Å². The fraction of sp³-hybridized carbons (Fsp3) is 0.0233. The van der Waals surface area contributed by atoms with E-state index in [1.807, 2.05) is 19.1 Å². The highest BCUT2D eigenvalue weighted by molar-refractivity contribution is 6.15. The van der Waals surface area contributed by atoms with Crippen molar-refractivity contribution in [2.75, 3.05) is 0 Å². The standard InChI is InChI=1S/C43H32N2/c1-3-5-15-30(4-2)31-16-13-19-34(28-31)45-41-25-12-9-20-36(41)38-23-14-22-35(43(38)45)32-26-27-42-39(29-32)37-21-10-11-24-40(37)44(42)33-17-7-6-8-18-33/h3-29H,2H2,1H3/b5-3-,30-15+. The molecule has 2 heteroatoms. The Kier molecular flexibility index (Phi) is 6.54. The van der Waals surface area contributed by atoms with Crippen LogP contribution in [0.2, 0.25) is 0 Å². The van der Waals surface area contributed by atoms with Crippen LogP contribution in [0.25, 0.3) is 71.7 Å². The summed E-state index contributed by atoms with van der Waals surface area (Å²) in [6.07, 6.45) is 8.15. The van der Waals surface area contributed by atoms with E-state index in [1.165, 1.54) is 60.4 Å². The minimum atomic E-state index is 1.09. The second-order valence-electron chi connectivity index (χ2n) is 11.4. The summed E-state index contributed by atoms with van der Waals surface area (Å²) in [6.45, 7) is 6.12. The Hall–Kier alpha value is -5.86. The molecule has 8 aromatic rings. The average Bonchev–Trinajstić information content (AvgIpc) is 3.62. The van der Waals surface area contributed by atoms with E-state index in [2.05, 4.69) is 167 Å². The van der Waals surface area contributed by atoms with Gasteiger partial charge in [0, 0.05) is 38.5 Å². The lowest BCUT2D eigenvalue weighted by Gasteiger charge is -2.14. The number of benzene rings is 6. The number of hydrogen-bond acceptors (Lipinski definition) is 0. The molecule has 0 radical (unpaired) electrons. The molecule has 45 heavy (non-hydrogen) atoms. The molecule has 0 aliphatic heterocycles. The normalized spacial score (nSPS) is 12.2. The molecule has 0 aliphatic rings. The van der Waals surface area contributed by atoms with Crippen molar-refractivity contribution in [3.63, 3.8) is 0 Å². The zero-order valence-electron chi connectivity index (χ0n) is 25.2. The smallest absolute Gasteiger partial charge is 0.0619 e. The third kappa shape index (κ3) is 4.34. The Morgan fingerprint density at radius 2 is 1.20 bits per heavy atom. The maximum absolute atomic E-state index is 4.09. The van der Waals surface area contributed by atoms with Gasteiger partial charge in [-0.15, -0.1) is 0 Å². The number of para-hydroxylation sites is 4. The first-order valence-electron chi connectivity index (χ1n) is 15.4. The van der Waals surface area contributed by atoms with Crippen LogP contribution in [0.5, 0.6) is 0 Å². The van der Waals surface area contributed by atoms with Crippen molar-refractivity contribution in [1.29, 1.82) is 0 Å². The monoisotopic (exact) mass is 576 g/mol. The summed E-state index contributed by atoms with van der Waals surface area (Å²) >= 11 is 0. The number of hydrogen-bond donors (Lipinski definition) is 0. The summed E-state index contributed by atoms with van der Waals surface area (Å²) in [5.41, 5.74) is 11.7. The van der Waals surface area contributed by atoms with Crippen LogP contribution in [0.4, 0.5) is 0 Å². The second kappa shape index (κ2) is 11.0. The Labute approximate surface area is 263 Å². The van der Waals surface area contributed by atoms with Crippen molar-refractivity contribution in [2.45, 2.75) is 6.92 Å². The van der Waals surface area contributed by atoms with Gasteiger partial charge in [-0.3, -0.25) is 0 Å². The summed E-state index contributed by atoms with van der Waals surface area (Å²) in [4.78, 5) is 0. The molecule has 8 rings (SSSR count). The molecule has 0 saturated heterocycles. The number of fused-ring (bicyclic) bond motifs is 6. The van der Waals surface area contributed by atoms with E-state index in [1.54, 1.807) is 0 Å². The van der Waals surface area contributed by atoms with Crippen molar-refractivity contribution in [2.24, 2.45) is 0 Å². The van der Waals surface area contributed by atoms with Crippen LogP contribution in [0.1, 0.15) is 12.5 Å². The van der Waals surface area contributed by atoms with E-state index in [0.717, 1.165) is 16.8 Å². The van der Waals surface area contributed by atoms with Crippen molar-refractivity contribution in [3.8, 4) is 22.5 Å². The molecule has 2 nitrogen and oxygen atoms in total. The molecule has 0 aliphatic carbocycles. The molecule has 0 bridgehead atoms. The SMILES string of the molecule is C=C/C(=C\C=C/C)c1cccc(-n2c3ccccc3c3cccc(-c4ccc5c(c4)c4ccccc4n5-c4ccccc4)c32)c1. The van der Waals surface area contributed by atoms with Gasteiger partial charge in [0.05, 0.1) is 22.1 Å². The summed E-state index contributed by atoms with van der Waals surface area (Å²) in [6, 6.07) is 50.5. The van der Waals surface area contributed by atoms with Crippen molar-refractivity contribution >= 4 is 49.2 Å². The summed E-state index contributed by atoms with van der Waals surface area (Å²) in [5, 5.41) is 4.99. The lowest BCUT2D eigenvalue weighted by Crippen LogP contribution is -1.97. The summed E-state index contributed by atoms with van der Waals surface area (Å²) in [5.74, 6) is 0. The average molecular weight is 577 g/mol. The lowest BCUT2D eigenvalue weighted by molar-refractivity contribution is 1.18. The molecule has 0 atom stereocenters. The quantitative estimate of drug-likeness (QED) is 0.174. The number of rotatable bonds is 6. The van der Waals surface area contributed by atoms with Crippen LogP contribution in [0.15, 0.2) is 170 Å². The van der Waals surface area contributed by atoms with Gasteiger partial charge in [-0.25, -0.2) is 0 Å². The first kappa shape index (κ1) is 26.7. The molecule has 214 valence electrons. The van der Waals surface area contributed by atoms with E-state index in [9.17, 15) is 0 Å². The van der Waals surface area contributed by atoms with Gasteiger partial charge < -0.3 is 9.13 Å². The van der Waals surface area contributed by atoms with E-state index < -0.39 is 0 Å². The van der Waals surface area contributed by atoms with Gasteiger partial charge in [-0.05, 0) is 72.2 Å². The maximum atomic E-state index is 4.09. The van der Waals surface area contributed by atoms with Crippen LogP contribution >= 0.6 is 0 Å². The van der Waals surface area contributed by atoms with Crippen LogP contribution in [-0.2, 0) is 0 Å². The number of nitrogens with zero attached hydrogens (tertiary/aromatic N) is 2. The highest BCUT2D eigenvalue weighted by atomic mass is 15.0. The van der Waals surface area contributed by atoms with E-state index in [0.29, 0.717) is 0 Å². The summed E-state index contributed by atoms with van der Waals surface area (Å²) < 4.78 is 4.80. The molecular weight excluding hydrogens is 544 g/mol. The number of aromatic nitrogens is 2. The van der Waals surface area contributed by atoms with Crippen molar-refractivity contribution in [1.82, 2.24) is 9.13 Å². The first-order valence-corrected chi connectivity index (χ1v) is 15.4. The van der Waals surface area contributed by atoms with E-state index in [-0.39, 0.29) is 0 Å². The van der Waals surface area contributed by atoms with Crippen LogP contribution in [0, 0.1) is 0 Å². The highest BCUT2D eigenvalue weighted by Gasteiger charge is 2.18. The van der Waals surface area contributed by atoms with Crippen LogP contribution < -0.4 is 0 Å². The van der Waals surface area contributed by atoms with E-state index in [4.69, 9.17) is 0 Å². The Morgan fingerprint density at radius 3 is 1.98 bits per heavy atom. The molecule has 0 amide bonds. The Balaban J connectivity index is 1.41. The third-order valence-corrected chi connectivity index (χ3v) is 8.82. The first-order chi connectivity index (χ1) is 22.3. The fourth-order valence-corrected chi connectivity index (χ4v) is 6.82.